The van der Waals surface area contributed by atoms with Gasteiger partial charge in [0, 0.05) is 16.1 Å². The van der Waals surface area contributed by atoms with Gasteiger partial charge in [-0.3, -0.25) is 4.79 Å². The standard InChI is InChI=1S/C16H15F4NOS/c17-12-5-2-6-13-11(12)8-14(23-13)15(22)21-10-4-1-3-9(7-10)16(18,19)20/h2,5-6,8-10H,1,3-4,7H2,(H,21,22)/t9-,10+/m1/s1. The number of rotatable bonds is 2. The number of amides is 1. The first-order valence-electron chi connectivity index (χ1n) is 7.40. The summed E-state index contributed by atoms with van der Waals surface area (Å²) in [7, 11) is 0. The lowest BCUT2D eigenvalue weighted by atomic mass is 9.85. The third kappa shape index (κ3) is 3.49. The van der Waals surface area contributed by atoms with Crippen molar-refractivity contribution in [2.75, 3.05) is 0 Å². The van der Waals surface area contributed by atoms with Crippen LogP contribution in [0.3, 0.4) is 0 Å². The number of thiophene rings is 1. The summed E-state index contributed by atoms with van der Waals surface area (Å²) in [5.74, 6) is -2.20. The highest BCUT2D eigenvalue weighted by molar-refractivity contribution is 7.20. The predicted octanol–water partition coefficient (Wildman–Crippen LogP) is 4.89. The van der Waals surface area contributed by atoms with Crippen LogP contribution in [0.5, 0.6) is 0 Å². The van der Waals surface area contributed by atoms with E-state index in [0.717, 1.165) is 11.3 Å². The molecule has 0 bridgehead atoms. The van der Waals surface area contributed by atoms with E-state index in [-0.39, 0.29) is 12.8 Å². The quantitative estimate of drug-likeness (QED) is 0.772. The Bertz CT molecular complexity index is 724. The second-order valence-corrected chi connectivity index (χ2v) is 6.92. The Morgan fingerprint density at radius 1 is 1.26 bits per heavy atom. The molecule has 2 aromatic rings. The van der Waals surface area contributed by atoms with E-state index in [1.807, 2.05) is 0 Å². The average molecular weight is 345 g/mol. The highest BCUT2D eigenvalue weighted by atomic mass is 32.1. The molecule has 1 aromatic carbocycles. The van der Waals surface area contributed by atoms with Crippen LogP contribution >= 0.6 is 11.3 Å². The van der Waals surface area contributed by atoms with Crippen LogP contribution in [0.25, 0.3) is 10.1 Å². The summed E-state index contributed by atoms with van der Waals surface area (Å²) in [6, 6.07) is 5.55. The van der Waals surface area contributed by atoms with Crippen LogP contribution in [0.1, 0.15) is 35.4 Å². The second-order valence-electron chi connectivity index (χ2n) is 5.84. The topological polar surface area (TPSA) is 29.1 Å². The summed E-state index contributed by atoms with van der Waals surface area (Å²) in [4.78, 5) is 12.6. The average Bonchev–Trinajstić information content (AvgIpc) is 2.92. The molecule has 1 N–H and O–H groups in total. The van der Waals surface area contributed by atoms with Crippen molar-refractivity contribution in [1.82, 2.24) is 5.32 Å². The van der Waals surface area contributed by atoms with Crippen molar-refractivity contribution in [3.63, 3.8) is 0 Å². The van der Waals surface area contributed by atoms with Crippen LogP contribution in [0.15, 0.2) is 24.3 Å². The Morgan fingerprint density at radius 2 is 2.04 bits per heavy atom. The van der Waals surface area contributed by atoms with Gasteiger partial charge < -0.3 is 5.32 Å². The largest absolute Gasteiger partial charge is 0.391 e. The third-order valence-electron chi connectivity index (χ3n) is 4.20. The van der Waals surface area contributed by atoms with E-state index in [1.165, 1.54) is 12.1 Å². The molecular formula is C16H15F4NOS. The molecule has 23 heavy (non-hydrogen) atoms. The van der Waals surface area contributed by atoms with Gasteiger partial charge in [-0.25, -0.2) is 4.39 Å². The van der Waals surface area contributed by atoms with Crippen molar-refractivity contribution in [3.8, 4) is 0 Å². The first kappa shape index (κ1) is 16.2. The fourth-order valence-corrected chi connectivity index (χ4v) is 3.99. The molecular weight excluding hydrogens is 330 g/mol. The molecule has 7 heteroatoms. The Balaban J connectivity index is 1.72. The summed E-state index contributed by atoms with van der Waals surface area (Å²) < 4.78 is 52.7. The summed E-state index contributed by atoms with van der Waals surface area (Å²) in [5.41, 5.74) is 0. The lowest BCUT2D eigenvalue weighted by Gasteiger charge is -2.30. The molecule has 1 fully saturated rings. The molecule has 2 atom stereocenters. The zero-order valence-corrected chi connectivity index (χ0v) is 12.9. The van der Waals surface area contributed by atoms with E-state index in [1.54, 1.807) is 12.1 Å². The summed E-state index contributed by atoms with van der Waals surface area (Å²) >= 11 is 1.14. The normalized spacial score (nSPS) is 22.3. The molecule has 0 unspecified atom stereocenters. The van der Waals surface area contributed by atoms with Gasteiger partial charge in [0.25, 0.3) is 5.91 Å². The van der Waals surface area contributed by atoms with Crippen molar-refractivity contribution in [2.24, 2.45) is 5.92 Å². The van der Waals surface area contributed by atoms with E-state index < -0.39 is 29.9 Å². The van der Waals surface area contributed by atoms with Crippen LogP contribution < -0.4 is 5.32 Å². The van der Waals surface area contributed by atoms with Gasteiger partial charge in [0.1, 0.15) is 5.82 Å². The predicted molar refractivity (Wildman–Crippen MR) is 81.1 cm³/mol. The third-order valence-corrected chi connectivity index (χ3v) is 5.30. The van der Waals surface area contributed by atoms with Crippen LogP contribution in [-0.2, 0) is 0 Å². The number of carbonyl (C=O) groups is 1. The van der Waals surface area contributed by atoms with Gasteiger partial charge in [-0.05, 0) is 37.5 Å². The molecule has 1 aromatic heterocycles. The molecule has 1 saturated carbocycles. The number of benzene rings is 1. The molecule has 2 nitrogen and oxygen atoms in total. The van der Waals surface area contributed by atoms with E-state index in [9.17, 15) is 22.4 Å². The van der Waals surface area contributed by atoms with Crippen LogP contribution in [0.4, 0.5) is 17.6 Å². The van der Waals surface area contributed by atoms with E-state index >= 15 is 0 Å². The Labute approximate surface area is 134 Å². The van der Waals surface area contributed by atoms with E-state index in [0.29, 0.717) is 27.8 Å². The van der Waals surface area contributed by atoms with Crippen LogP contribution in [-0.4, -0.2) is 18.1 Å². The number of alkyl halides is 3. The van der Waals surface area contributed by atoms with E-state index in [4.69, 9.17) is 0 Å². The number of hydrogen-bond acceptors (Lipinski definition) is 2. The van der Waals surface area contributed by atoms with Crippen LogP contribution in [0.2, 0.25) is 0 Å². The fraction of sp³-hybridized carbons (Fsp3) is 0.438. The number of nitrogens with one attached hydrogen (secondary N) is 1. The van der Waals surface area contributed by atoms with Crippen LogP contribution in [0, 0.1) is 11.7 Å². The molecule has 1 heterocycles. The minimum absolute atomic E-state index is 0.0888. The molecule has 124 valence electrons. The smallest absolute Gasteiger partial charge is 0.349 e. The Kier molecular flexibility index (Phi) is 4.31. The molecule has 1 aliphatic carbocycles. The van der Waals surface area contributed by atoms with Crippen molar-refractivity contribution in [1.29, 1.82) is 0 Å². The van der Waals surface area contributed by atoms with Gasteiger partial charge in [-0.1, -0.05) is 12.5 Å². The van der Waals surface area contributed by atoms with Gasteiger partial charge in [0.05, 0.1) is 10.8 Å². The fourth-order valence-electron chi connectivity index (χ4n) is 3.01. The van der Waals surface area contributed by atoms with Gasteiger partial charge in [0.15, 0.2) is 0 Å². The number of carbonyl (C=O) groups excluding carboxylic acids is 1. The van der Waals surface area contributed by atoms with Crippen molar-refractivity contribution in [2.45, 2.75) is 37.9 Å². The highest BCUT2D eigenvalue weighted by Gasteiger charge is 2.42. The number of halogens is 4. The summed E-state index contributed by atoms with van der Waals surface area (Å²) in [6.07, 6.45) is -3.21. The first-order chi connectivity index (χ1) is 10.8. The lowest BCUT2D eigenvalue weighted by Crippen LogP contribution is -2.41. The zero-order valence-electron chi connectivity index (χ0n) is 12.1. The van der Waals surface area contributed by atoms with E-state index in [2.05, 4.69) is 5.32 Å². The minimum atomic E-state index is -4.22. The molecule has 3 rings (SSSR count). The number of hydrogen-bond donors (Lipinski definition) is 1. The van der Waals surface area contributed by atoms with Gasteiger partial charge in [0.2, 0.25) is 0 Å². The zero-order chi connectivity index (χ0) is 16.6. The maximum atomic E-state index is 13.7. The second kappa shape index (κ2) is 6.11. The van der Waals surface area contributed by atoms with Crippen molar-refractivity contribution < 1.29 is 22.4 Å². The maximum absolute atomic E-state index is 13.7. The van der Waals surface area contributed by atoms with Gasteiger partial charge >= 0.3 is 6.18 Å². The summed E-state index contributed by atoms with van der Waals surface area (Å²) in [5, 5.41) is 3.03. The number of fused-ring (bicyclic) bond motifs is 1. The Morgan fingerprint density at radius 3 is 2.74 bits per heavy atom. The monoisotopic (exact) mass is 345 g/mol. The molecule has 1 aliphatic rings. The van der Waals surface area contributed by atoms with Crippen molar-refractivity contribution in [3.05, 3.63) is 35.0 Å². The van der Waals surface area contributed by atoms with Gasteiger partial charge in [-0.15, -0.1) is 11.3 Å². The maximum Gasteiger partial charge on any atom is 0.391 e. The molecule has 0 spiro atoms. The molecule has 0 radical (unpaired) electrons. The molecule has 0 saturated heterocycles. The first-order valence-corrected chi connectivity index (χ1v) is 8.22. The lowest BCUT2D eigenvalue weighted by molar-refractivity contribution is -0.183. The molecule has 0 aliphatic heterocycles. The SMILES string of the molecule is O=C(N[C@H]1CCC[C@@H](C(F)(F)F)C1)c1cc2c(F)cccc2s1. The van der Waals surface area contributed by atoms with Crippen molar-refractivity contribution >= 4 is 27.3 Å². The highest BCUT2D eigenvalue weighted by Crippen LogP contribution is 2.37. The Hall–Kier alpha value is -1.63. The minimum Gasteiger partial charge on any atom is -0.349 e. The van der Waals surface area contributed by atoms with Gasteiger partial charge in [-0.2, -0.15) is 13.2 Å². The summed E-state index contributed by atoms with van der Waals surface area (Å²) in [6.45, 7) is 0. The molecule has 1 amide bonds.